The number of nitrogens with zero attached hydrogens (tertiary/aromatic N) is 1. The van der Waals surface area contributed by atoms with Crippen LogP contribution in [0.15, 0.2) is 28.7 Å². The molecule has 0 aliphatic heterocycles. The third kappa shape index (κ3) is 4.12. The van der Waals surface area contributed by atoms with Crippen molar-refractivity contribution in [3.05, 3.63) is 62.0 Å². The second-order valence-corrected chi connectivity index (χ2v) is 5.76. The number of hydrogen-bond acceptors (Lipinski definition) is 5. The summed E-state index contributed by atoms with van der Waals surface area (Å²) in [7, 11) is 0. The molecule has 1 amide bonds. The highest BCUT2D eigenvalue weighted by molar-refractivity contribution is 6.34. The maximum Gasteiger partial charge on any atom is 0.270 e. The monoisotopic (exact) mass is 352 g/mol. The molecule has 1 heterocycles. The summed E-state index contributed by atoms with van der Waals surface area (Å²) in [5.74, 6) is 0.898. The number of carbonyl (C=O) groups excluding carboxylic acids is 1. The first-order chi connectivity index (χ1) is 11.3. The third-order valence-electron chi connectivity index (χ3n) is 3.55. The molecule has 2 aromatic rings. The van der Waals surface area contributed by atoms with Gasteiger partial charge in [0.2, 0.25) is 0 Å². The topological polar surface area (TPSA) is 106 Å². The summed E-state index contributed by atoms with van der Waals surface area (Å²) in [6, 6.07) is 5.40. The second kappa shape index (κ2) is 7.46. The van der Waals surface area contributed by atoms with Crippen LogP contribution in [0.5, 0.6) is 0 Å². The van der Waals surface area contributed by atoms with Crippen molar-refractivity contribution in [1.29, 1.82) is 0 Å². The van der Waals surface area contributed by atoms with Crippen molar-refractivity contribution in [2.75, 3.05) is 6.54 Å². The molecule has 1 unspecified atom stereocenters. The van der Waals surface area contributed by atoms with E-state index < -0.39 is 16.9 Å². The van der Waals surface area contributed by atoms with Crippen molar-refractivity contribution in [3.63, 3.8) is 0 Å². The van der Waals surface area contributed by atoms with Crippen molar-refractivity contribution in [2.45, 2.75) is 26.4 Å². The van der Waals surface area contributed by atoms with Crippen molar-refractivity contribution in [2.24, 2.45) is 0 Å². The van der Waals surface area contributed by atoms with Crippen LogP contribution in [-0.4, -0.2) is 22.5 Å². The van der Waals surface area contributed by atoms with E-state index in [2.05, 4.69) is 5.32 Å². The first-order valence-electron chi connectivity index (χ1n) is 7.26. The van der Waals surface area contributed by atoms with Crippen LogP contribution in [0.3, 0.4) is 0 Å². The van der Waals surface area contributed by atoms with Gasteiger partial charge in [0.05, 0.1) is 21.6 Å². The van der Waals surface area contributed by atoms with Gasteiger partial charge in [0.15, 0.2) is 0 Å². The maximum atomic E-state index is 12.1. The zero-order valence-corrected chi connectivity index (χ0v) is 14.0. The van der Waals surface area contributed by atoms with E-state index in [1.54, 1.807) is 19.9 Å². The Hall–Kier alpha value is -2.38. The number of aliphatic hydroxyl groups excluding tert-OH is 1. The molecule has 1 aromatic heterocycles. The molecule has 8 heteroatoms. The predicted molar refractivity (Wildman–Crippen MR) is 88.2 cm³/mol. The quantitative estimate of drug-likeness (QED) is 0.612. The summed E-state index contributed by atoms with van der Waals surface area (Å²) >= 11 is 5.90. The zero-order chi connectivity index (χ0) is 17.9. The van der Waals surface area contributed by atoms with Crippen LogP contribution in [0.4, 0.5) is 5.69 Å². The normalized spacial score (nSPS) is 12.0. The number of amides is 1. The van der Waals surface area contributed by atoms with Crippen molar-refractivity contribution >= 4 is 23.2 Å². The minimum absolute atomic E-state index is 0.00329. The number of carbonyl (C=O) groups is 1. The highest BCUT2D eigenvalue weighted by atomic mass is 35.5. The lowest BCUT2D eigenvalue weighted by Gasteiger charge is -2.11. The summed E-state index contributed by atoms with van der Waals surface area (Å²) in [5.41, 5.74) is 0.653. The van der Waals surface area contributed by atoms with Crippen molar-refractivity contribution < 1.29 is 19.2 Å². The van der Waals surface area contributed by atoms with Crippen LogP contribution < -0.4 is 5.32 Å². The molecule has 0 fully saturated rings. The number of furan rings is 1. The smallest absolute Gasteiger partial charge is 0.270 e. The molecule has 0 saturated heterocycles. The second-order valence-electron chi connectivity index (χ2n) is 5.35. The van der Waals surface area contributed by atoms with E-state index in [1.165, 1.54) is 12.1 Å². The molecule has 128 valence electrons. The Balaban J connectivity index is 1.94. The van der Waals surface area contributed by atoms with Gasteiger partial charge in [0.25, 0.3) is 11.6 Å². The van der Waals surface area contributed by atoms with E-state index in [1.807, 2.05) is 0 Å². The fourth-order valence-corrected chi connectivity index (χ4v) is 2.62. The lowest BCUT2D eigenvalue weighted by molar-refractivity contribution is -0.384. The van der Waals surface area contributed by atoms with E-state index in [-0.39, 0.29) is 22.8 Å². The van der Waals surface area contributed by atoms with Crippen molar-refractivity contribution in [1.82, 2.24) is 5.32 Å². The Morgan fingerprint density at radius 3 is 2.67 bits per heavy atom. The van der Waals surface area contributed by atoms with Gasteiger partial charge >= 0.3 is 0 Å². The Morgan fingerprint density at radius 2 is 2.12 bits per heavy atom. The van der Waals surface area contributed by atoms with Gasteiger partial charge in [-0.05, 0) is 32.4 Å². The molecule has 0 aliphatic rings. The maximum absolute atomic E-state index is 12.1. The highest BCUT2D eigenvalue weighted by Gasteiger charge is 2.17. The van der Waals surface area contributed by atoms with Crippen LogP contribution in [-0.2, 0) is 0 Å². The Kier molecular flexibility index (Phi) is 5.58. The molecule has 2 N–H and O–H groups in total. The number of hydrogen-bond donors (Lipinski definition) is 2. The molecule has 24 heavy (non-hydrogen) atoms. The molecule has 0 spiro atoms. The van der Waals surface area contributed by atoms with Crippen LogP contribution in [0.1, 0.15) is 40.0 Å². The number of rotatable bonds is 6. The summed E-state index contributed by atoms with van der Waals surface area (Å²) < 4.78 is 5.36. The number of nitrogens with one attached hydrogen (secondary N) is 1. The summed E-state index contributed by atoms with van der Waals surface area (Å²) in [6.45, 7) is 3.78. The summed E-state index contributed by atoms with van der Waals surface area (Å²) in [5, 5.41) is 23.4. The summed E-state index contributed by atoms with van der Waals surface area (Å²) in [4.78, 5) is 22.1. The van der Waals surface area contributed by atoms with E-state index in [4.69, 9.17) is 16.0 Å². The molecule has 0 radical (unpaired) electrons. The Morgan fingerprint density at radius 1 is 1.42 bits per heavy atom. The molecule has 0 aliphatic carbocycles. The molecule has 0 saturated carbocycles. The average molecular weight is 353 g/mol. The number of aliphatic hydroxyl groups is 1. The van der Waals surface area contributed by atoms with Gasteiger partial charge in [-0.25, -0.2) is 0 Å². The van der Waals surface area contributed by atoms with Crippen LogP contribution in [0.25, 0.3) is 0 Å². The fraction of sp³-hybridized carbons (Fsp3) is 0.312. The van der Waals surface area contributed by atoms with E-state index in [0.29, 0.717) is 23.5 Å². The van der Waals surface area contributed by atoms with Gasteiger partial charge in [0.1, 0.15) is 11.5 Å². The SMILES string of the molecule is Cc1cc(C(O)CCNC(=O)c2ccc([N+](=O)[O-])cc2Cl)c(C)o1. The molecular weight excluding hydrogens is 336 g/mol. The van der Waals surface area contributed by atoms with E-state index >= 15 is 0 Å². The molecular formula is C16H17ClN2O5. The first-order valence-corrected chi connectivity index (χ1v) is 7.64. The zero-order valence-electron chi connectivity index (χ0n) is 13.2. The fourth-order valence-electron chi connectivity index (χ4n) is 2.36. The molecule has 2 rings (SSSR count). The van der Waals surface area contributed by atoms with Crippen molar-refractivity contribution in [3.8, 4) is 0 Å². The van der Waals surface area contributed by atoms with Gasteiger partial charge in [-0.1, -0.05) is 11.6 Å². The number of nitro benzene ring substituents is 1. The first kappa shape index (κ1) is 18.0. The van der Waals surface area contributed by atoms with Crippen LogP contribution >= 0.6 is 11.6 Å². The van der Waals surface area contributed by atoms with E-state index in [9.17, 15) is 20.0 Å². The number of aryl methyl sites for hydroxylation is 2. The minimum atomic E-state index is -0.755. The standard InChI is InChI=1S/C16H17ClN2O5/c1-9-7-13(10(2)24-9)15(20)5-6-18-16(21)12-4-3-11(19(22)23)8-14(12)17/h3-4,7-8,15,20H,5-6H2,1-2H3,(H,18,21). The van der Waals surface area contributed by atoms with Crippen LogP contribution in [0.2, 0.25) is 5.02 Å². The highest BCUT2D eigenvalue weighted by Crippen LogP contribution is 2.24. The number of benzene rings is 1. The van der Waals surface area contributed by atoms with Gasteiger partial charge < -0.3 is 14.8 Å². The van der Waals surface area contributed by atoms with Crippen LogP contribution in [0, 0.1) is 24.0 Å². The minimum Gasteiger partial charge on any atom is -0.466 e. The van der Waals surface area contributed by atoms with Gasteiger partial charge in [-0.3, -0.25) is 14.9 Å². The number of halogens is 1. The van der Waals surface area contributed by atoms with Gasteiger partial charge in [0, 0.05) is 24.2 Å². The summed E-state index contributed by atoms with van der Waals surface area (Å²) in [6.07, 6.45) is -0.453. The molecule has 1 aromatic carbocycles. The third-order valence-corrected chi connectivity index (χ3v) is 3.86. The predicted octanol–water partition coefficient (Wildman–Crippen LogP) is 3.31. The Bertz CT molecular complexity index is 772. The van der Waals surface area contributed by atoms with Gasteiger partial charge in [-0.2, -0.15) is 0 Å². The number of non-ortho nitro benzene ring substituents is 1. The Labute approximate surface area is 143 Å². The average Bonchev–Trinajstić information content (AvgIpc) is 2.85. The number of nitro groups is 1. The largest absolute Gasteiger partial charge is 0.466 e. The van der Waals surface area contributed by atoms with Gasteiger partial charge in [-0.15, -0.1) is 0 Å². The lowest BCUT2D eigenvalue weighted by atomic mass is 10.1. The molecule has 1 atom stereocenters. The molecule has 0 bridgehead atoms. The van der Waals surface area contributed by atoms with E-state index in [0.717, 1.165) is 6.07 Å². The lowest BCUT2D eigenvalue weighted by Crippen LogP contribution is -2.26. The molecule has 7 nitrogen and oxygen atoms in total.